The Morgan fingerprint density at radius 2 is 1.73 bits per heavy atom. The van der Waals surface area contributed by atoms with Crippen LogP contribution in [0.3, 0.4) is 0 Å². The van der Waals surface area contributed by atoms with Crippen molar-refractivity contribution in [1.82, 2.24) is 0 Å². The van der Waals surface area contributed by atoms with Crippen molar-refractivity contribution in [3.63, 3.8) is 0 Å². The Morgan fingerprint density at radius 3 is 2.18 bits per heavy atom. The average molecular weight is 186 g/mol. The highest BCUT2D eigenvalue weighted by atomic mass is 32.1. The van der Waals surface area contributed by atoms with Gasteiger partial charge in [0.15, 0.2) is 0 Å². The number of benzene rings is 1. The van der Waals surface area contributed by atoms with Crippen LogP contribution in [-0.4, -0.2) is 17.2 Å². The van der Waals surface area contributed by atoms with E-state index in [1.165, 1.54) is 0 Å². The maximum atomic E-state index is 8.74. The van der Waals surface area contributed by atoms with E-state index in [1.807, 2.05) is 0 Å². The van der Waals surface area contributed by atoms with Gasteiger partial charge in [0, 0.05) is 9.79 Å². The van der Waals surface area contributed by atoms with E-state index >= 15 is 0 Å². The molecule has 11 heavy (non-hydrogen) atoms. The molecule has 0 saturated heterocycles. The van der Waals surface area contributed by atoms with Crippen LogP contribution in [0.2, 0.25) is 0 Å². The summed E-state index contributed by atoms with van der Waals surface area (Å²) in [5.74, 6) is 0. The Labute approximate surface area is 76.2 Å². The molecule has 1 aromatic rings. The molecule has 0 amide bonds. The first-order valence-corrected chi connectivity index (χ1v) is 3.88. The number of thiol groups is 2. The number of hydrogen-bond acceptors (Lipinski definition) is 4. The summed E-state index contributed by atoms with van der Waals surface area (Å²) in [5.41, 5.74) is 0.424. The summed E-state index contributed by atoms with van der Waals surface area (Å²) in [6.07, 6.45) is 0. The van der Waals surface area contributed by atoms with E-state index in [0.29, 0.717) is 10.4 Å². The molecule has 1 aromatic carbocycles. The number of rotatable bonds is 1. The van der Waals surface area contributed by atoms with Gasteiger partial charge in [-0.15, -0.1) is 25.3 Å². The van der Waals surface area contributed by atoms with Crippen molar-refractivity contribution in [3.8, 4) is 0 Å². The smallest absolute Gasteiger partial charge is 0.423 e. The van der Waals surface area contributed by atoms with E-state index < -0.39 is 7.12 Å². The summed E-state index contributed by atoms with van der Waals surface area (Å²) in [7, 11) is -1.44. The minimum absolute atomic E-state index is 0.424. The lowest BCUT2D eigenvalue weighted by Crippen LogP contribution is -2.29. The van der Waals surface area contributed by atoms with Gasteiger partial charge in [0.2, 0.25) is 0 Å². The Hall–Kier alpha value is -0.0951. The van der Waals surface area contributed by atoms with Gasteiger partial charge in [0.25, 0.3) is 0 Å². The third-order valence-corrected chi connectivity index (χ3v) is 2.23. The molecule has 0 radical (unpaired) electrons. The molecule has 0 saturated carbocycles. The van der Waals surface area contributed by atoms with Gasteiger partial charge in [-0.3, -0.25) is 0 Å². The van der Waals surface area contributed by atoms with Crippen molar-refractivity contribution in [2.24, 2.45) is 0 Å². The van der Waals surface area contributed by atoms with Gasteiger partial charge in [0.1, 0.15) is 0 Å². The standard InChI is InChI=1S/C6H7BO2S2/c8-7(9)4-1-2-5(10)6(11)3-4/h1-3,8-11H. The molecule has 5 heteroatoms. The van der Waals surface area contributed by atoms with Crippen LogP contribution in [0.15, 0.2) is 28.0 Å². The highest BCUT2D eigenvalue weighted by molar-refractivity contribution is 7.83. The Bertz CT molecular complexity index is 265. The van der Waals surface area contributed by atoms with Crippen molar-refractivity contribution in [2.45, 2.75) is 9.79 Å². The van der Waals surface area contributed by atoms with E-state index in [0.717, 1.165) is 4.90 Å². The lowest BCUT2D eigenvalue weighted by Gasteiger charge is -2.01. The molecule has 0 spiro atoms. The van der Waals surface area contributed by atoms with Crippen LogP contribution in [0.4, 0.5) is 0 Å². The zero-order valence-corrected chi connectivity index (χ0v) is 7.39. The monoisotopic (exact) mass is 186 g/mol. The van der Waals surface area contributed by atoms with E-state index in [1.54, 1.807) is 18.2 Å². The molecule has 0 unspecified atom stereocenters. The van der Waals surface area contributed by atoms with E-state index in [-0.39, 0.29) is 0 Å². The second-order valence-corrected chi connectivity index (χ2v) is 3.09. The second-order valence-electron chi connectivity index (χ2n) is 2.12. The molecule has 0 bridgehead atoms. The SMILES string of the molecule is OB(O)c1ccc(S)c(S)c1. The summed E-state index contributed by atoms with van der Waals surface area (Å²) in [6.45, 7) is 0. The van der Waals surface area contributed by atoms with Crippen molar-refractivity contribution in [3.05, 3.63) is 18.2 Å². The Morgan fingerprint density at radius 1 is 1.09 bits per heavy atom. The van der Waals surface area contributed by atoms with Gasteiger partial charge < -0.3 is 10.0 Å². The van der Waals surface area contributed by atoms with Gasteiger partial charge in [-0.05, 0) is 17.6 Å². The van der Waals surface area contributed by atoms with E-state index in [9.17, 15) is 0 Å². The summed E-state index contributed by atoms with van der Waals surface area (Å²) in [4.78, 5) is 1.36. The van der Waals surface area contributed by atoms with Crippen molar-refractivity contribution in [1.29, 1.82) is 0 Å². The molecule has 0 aliphatic heterocycles. The highest BCUT2D eigenvalue weighted by Crippen LogP contribution is 2.15. The van der Waals surface area contributed by atoms with Crippen LogP contribution in [0.1, 0.15) is 0 Å². The summed E-state index contributed by atoms with van der Waals surface area (Å²) >= 11 is 8.14. The van der Waals surface area contributed by atoms with Crippen molar-refractivity contribution < 1.29 is 10.0 Å². The topological polar surface area (TPSA) is 40.5 Å². The normalized spacial score (nSPS) is 9.82. The molecule has 58 valence electrons. The lowest BCUT2D eigenvalue weighted by atomic mass is 9.80. The lowest BCUT2D eigenvalue weighted by molar-refractivity contribution is 0.425. The molecule has 2 nitrogen and oxygen atoms in total. The largest absolute Gasteiger partial charge is 0.488 e. The summed E-state index contributed by atoms with van der Waals surface area (Å²) in [6, 6.07) is 4.82. The molecule has 2 N–H and O–H groups in total. The van der Waals surface area contributed by atoms with Crippen molar-refractivity contribution in [2.75, 3.05) is 0 Å². The molecule has 0 aliphatic rings. The van der Waals surface area contributed by atoms with E-state index in [4.69, 9.17) is 10.0 Å². The molecule has 0 atom stereocenters. The molecular formula is C6H7BO2S2. The van der Waals surface area contributed by atoms with Gasteiger partial charge in [-0.1, -0.05) is 6.07 Å². The minimum atomic E-state index is -1.44. The number of hydrogen-bond donors (Lipinski definition) is 4. The summed E-state index contributed by atoms with van der Waals surface area (Å²) < 4.78 is 0. The van der Waals surface area contributed by atoms with Crippen molar-refractivity contribution >= 4 is 37.8 Å². The quantitative estimate of drug-likeness (QED) is 0.366. The van der Waals surface area contributed by atoms with E-state index in [2.05, 4.69) is 25.3 Å². The van der Waals surface area contributed by atoms with Gasteiger partial charge >= 0.3 is 7.12 Å². The Balaban J connectivity index is 3.05. The maximum absolute atomic E-state index is 8.74. The van der Waals surface area contributed by atoms with Crippen LogP contribution in [-0.2, 0) is 0 Å². The fraction of sp³-hybridized carbons (Fsp3) is 0. The van der Waals surface area contributed by atoms with Crippen LogP contribution >= 0.6 is 25.3 Å². The first-order chi connectivity index (χ1) is 5.11. The molecule has 0 aliphatic carbocycles. The second kappa shape index (κ2) is 3.54. The fourth-order valence-corrected chi connectivity index (χ4v) is 1.06. The van der Waals surface area contributed by atoms with Crippen LogP contribution in [0.25, 0.3) is 0 Å². The average Bonchev–Trinajstić information content (AvgIpc) is 1.94. The minimum Gasteiger partial charge on any atom is -0.423 e. The highest BCUT2D eigenvalue weighted by Gasteiger charge is 2.10. The van der Waals surface area contributed by atoms with Crippen LogP contribution in [0.5, 0.6) is 0 Å². The molecule has 1 rings (SSSR count). The van der Waals surface area contributed by atoms with Gasteiger partial charge in [0.05, 0.1) is 0 Å². The molecule has 0 fully saturated rings. The zero-order valence-electron chi connectivity index (χ0n) is 5.60. The maximum Gasteiger partial charge on any atom is 0.488 e. The first-order valence-electron chi connectivity index (χ1n) is 2.99. The van der Waals surface area contributed by atoms with Gasteiger partial charge in [-0.2, -0.15) is 0 Å². The predicted molar refractivity (Wildman–Crippen MR) is 50.8 cm³/mol. The van der Waals surface area contributed by atoms with Crippen LogP contribution in [0, 0.1) is 0 Å². The third kappa shape index (κ3) is 2.17. The predicted octanol–water partition coefficient (Wildman–Crippen LogP) is -0.0562. The molecule has 0 heterocycles. The first kappa shape index (κ1) is 9.00. The molecule has 0 aromatic heterocycles. The third-order valence-electron chi connectivity index (χ3n) is 1.30. The van der Waals surface area contributed by atoms with Gasteiger partial charge in [-0.25, -0.2) is 0 Å². The Kier molecular flexibility index (Phi) is 2.89. The fourth-order valence-electron chi connectivity index (χ4n) is 0.701. The van der Waals surface area contributed by atoms with Crippen LogP contribution < -0.4 is 5.46 Å². The zero-order chi connectivity index (χ0) is 8.43. The molecular weight excluding hydrogens is 179 g/mol. The summed E-state index contributed by atoms with van der Waals surface area (Å²) in [5, 5.41) is 17.5.